The molecule has 0 radical (unpaired) electrons. The fourth-order valence-corrected chi connectivity index (χ4v) is 2.60. The van der Waals surface area contributed by atoms with Gasteiger partial charge in [-0.2, -0.15) is 0 Å². The smallest absolute Gasteiger partial charge is 0.257 e. The van der Waals surface area contributed by atoms with Gasteiger partial charge in [-0.25, -0.2) is 4.39 Å². The molecule has 0 atom stereocenters. The predicted molar refractivity (Wildman–Crippen MR) is 87.1 cm³/mol. The second-order valence-corrected chi connectivity index (χ2v) is 5.95. The monoisotopic (exact) mass is 339 g/mol. The third kappa shape index (κ3) is 5.58. The topological polar surface area (TPSA) is 38.3 Å². The SMILES string of the molecule is O=C(COc1ccc(F)c(Cl)c1)NCCSc1ccccc1. The Morgan fingerprint density at radius 3 is 2.73 bits per heavy atom. The maximum absolute atomic E-state index is 13.0. The van der Waals surface area contributed by atoms with Crippen LogP contribution in [0, 0.1) is 5.82 Å². The number of thioether (sulfide) groups is 1. The van der Waals surface area contributed by atoms with Crippen molar-refractivity contribution in [2.24, 2.45) is 0 Å². The number of amides is 1. The van der Waals surface area contributed by atoms with Crippen molar-refractivity contribution in [3.63, 3.8) is 0 Å². The summed E-state index contributed by atoms with van der Waals surface area (Å²) in [5.41, 5.74) is 0. The summed E-state index contributed by atoms with van der Waals surface area (Å²) in [6.45, 7) is 0.421. The van der Waals surface area contributed by atoms with Crippen LogP contribution in [0.1, 0.15) is 0 Å². The lowest BCUT2D eigenvalue weighted by Gasteiger charge is -2.08. The van der Waals surface area contributed by atoms with Gasteiger partial charge in [0.2, 0.25) is 0 Å². The van der Waals surface area contributed by atoms with Crippen LogP contribution < -0.4 is 10.1 Å². The van der Waals surface area contributed by atoms with Crippen LogP contribution in [-0.4, -0.2) is 24.8 Å². The van der Waals surface area contributed by atoms with Gasteiger partial charge < -0.3 is 10.1 Å². The largest absolute Gasteiger partial charge is 0.484 e. The molecule has 0 saturated heterocycles. The summed E-state index contributed by atoms with van der Waals surface area (Å²) in [4.78, 5) is 12.8. The highest BCUT2D eigenvalue weighted by atomic mass is 35.5. The first-order valence-electron chi connectivity index (χ1n) is 6.67. The van der Waals surface area contributed by atoms with E-state index in [0.29, 0.717) is 12.3 Å². The van der Waals surface area contributed by atoms with Crippen molar-refractivity contribution in [2.45, 2.75) is 4.90 Å². The van der Waals surface area contributed by atoms with Gasteiger partial charge >= 0.3 is 0 Å². The molecule has 0 bridgehead atoms. The highest BCUT2D eigenvalue weighted by Gasteiger charge is 2.05. The Hall–Kier alpha value is -1.72. The van der Waals surface area contributed by atoms with Gasteiger partial charge in [-0.3, -0.25) is 4.79 Å². The van der Waals surface area contributed by atoms with E-state index < -0.39 is 5.82 Å². The van der Waals surface area contributed by atoms with Crippen LogP contribution >= 0.6 is 23.4 Å². The molecule has 2 aromatic rings. The molecule has 0 aliphatic heterocycles. The van der Waals surface area contributed by atoms with E-state index >= 15 is 0 Å². The summed E-state index contributed by atoms with van der Waals surface area (Å²) in [6.07, 6.45) is 0. The highest BCUT2D eigenvalue weighted by molar-refractivity contribution is 7.99. The summed E-state index contributed by atoms with van der Waals surface area (Å²) in [7, 11) is 0. The zero-order valence-electron chi connectivity index (χ0n) is 11.7. The van der Waals surface area contributed by atoms with E-state index in [-0.39, 0.29) is 17.5 Å². The van der Waals surface area contributed by atoms with Crippen LogP contribution in [0.25, 0.3) is 0 Å². The summed E-state index contributed by atoms with van der Waals surface area (Å²) < 4.78 is 18.2. The maximum atomic E-state index is 13.0. The van der Waals surface area contributed by atoms with E-state index in [1.165, 1.54) is 18.2 Å². The van der Waals surface area contributed by atoms with E-state index in [9.17, 15) is 9.18 Å². The molecule has 22 heavy (non-hydrogen) atoms. The first kappa shape index (κ1) is 16.6. The second kappa shape index (κ2) is 8.66. The Morgan fingerprint density at radius 1 is 1.23 bits per heavy atom. The molecule has 1 amide bonds. The van der Waals surface area contributed by atoms with Gasteiger partial charge in [0.25, 0.3) is 5.91 Å². The number of benzene rings is 2. The molecule has 0 aliphatic carbocycles. The summed E-state index contributed by atoms with van der Waals surface area (Å²) in [5.74, 6) is 0.392. The Balaban J connectivity index is 1.64. The van der Waals surface area contributed by atoms with E-state index in [1.807, 2.05) is 30.3 Å². The average Bonchev–Trinajstić information content (AvgIpc) is 2.54. The third-order valence-corrected chi connectivity index (χ3v) is 4.00. The quantitative estimate of drug-likeness (QED) is 0.616. The highest BCUT2D eigenvalue weighted by Crippen LogP contribution is 2.21. The lowest BCUT2D eigenvalue weighted by Crippen LogP contribution is -2.30. The van der Waals surface area contributed by atoms with Crippen LogP contribution in [0.15, 0.2) is 53.4 Å². The summed E-state index contributed by atoms with van der Waals surface area (Å²) >= 11 is 7.30. The molecule has 0 spiro atoms. The Bertz CT molecular complexity index is 625. The van der Waals surface area contributed by atoms with Crippen molar-refractivity contribution in [2.75, 3.05) is 18.9 Å². The standard InChI is InChI=1S/C16H15ClFNO2S/c17-14-10-12(6-7-15(14)18)21-11-16(20)19-8-9-22-13-4-2-1-3-5-13/h1-7,10H,8-9,11H2,(H,19,20). The summed E-state index contributed by atoms with van der Waals surface area (Å²) in [5, 5.41) is 2.73. The van der Waals surface area contributed by atoms with Gasteiger partial charge in [-0.1, -0.05) is 29.8 Å². The number of hydrogen-bond acceptors (Lipinski definition) is 3. The zero-order chi connectivity index (χ0) is 15.8. The van der Waals surface area contributed by atoms with Crippen LogP contribution in [0.3, 0.4) is 0 Å². The molecule has 0 unspecified atom stereocenters. The number of hydrogen-bond donors (Lipinski definition) is 1. The molecular formula is C16H15ClFNO2S. The van der Waals surface area contributed by atoms with E-state index in [4.69, 9.17) is 16.3 Å². The Morgan fingerprint density at radius 2 is 2.00 bits per heavy atom. The number of nitrogens with one attached hydrogen (secondary N) is 1. The minimum Gasteiger partial charge on any atom is -0.484 e. The second-order valence-electron chi connectivity index (χ2n) is 4.38. The van der Waals surface area contributed by atoms with Crippen molar-refractivity contribution in [1.29, 1.82) is 0 Å². The Kier molecular flexibility index (Phi) is 6.55. The van der Waals surface area contributed by atoms with Crippen LogP contribution in [0.4, 0.5) is 4.39 Å². The molecule has 0 heterocycles. The predicted octanol–water partition coefficient (Wildman–Crippen LogP) is 3.77. The van der Waals surface area contributed by atoms with Crippen LogP contribution in [0.5, 0.6) is 5.75 Å². The molecule has 0 aliphatic rings. The zero-order valence-corrected chi connectivity index (χ0v) is 13.3. The Labute approximate surface area is 137 Å². The fourth-order valence-electron chi connectivity index (χ4n) is 1.64. The number of halogens is 2. The number of carbonyl (C=O) groups excluding carboxylic acids is 1. The van der Waals surface area contributed by atoms with Crippen LogP contribution in [0.2, 0.25) is 5.02 Å². The van der Waals surface area contributed by atoms with Gasteiger partial charge in [0.05, 0.1) is 5.02 Å². The molecule has 3 nitrogen and oxygen atoms in total. The van der Waals surface area contributed by atoms with Crippen molar-refractivity contribution in [3.05, 3.63) is 59.4 Å². The number of carbonyl (C=O) groups is 1. The van der Waals surface area contributed by atoms with E-state index in [1.54, 1.807) is 11.8 Å². The third-order valence-electron chi connectivity index (χ3n) is 2.70. The average molecular weight is 340 g/mol. The van der Waals surface area contributed by atoms with Crippen molar-refractivity contribution >= 4 is 29.3 Å². The van der Waals surface area contributed by atoms with Crippen molar-refractivity contribution in [3.8, 4) is 5.75 Å². The fraction of sp³-hybridized carbons (Fsp3) is 0.188. The molecule has 1 N–H and O–H groups in total. The van der Waals surface area contributed by atoms with E-state index in [2.05, 4.69) is 5.32 Å². The molecule has 0 saturated carbocycles. The van der Waals surface area contributed by atoms with Gasteiger partial charge in [0, 0.05) is 23.3 Å². The minimum absolute atomic E-state index is 0.0304. The number of rotatable bonds is 7. The maximum Gasteiger partial charge on any atom is 0.257 e. The minimum atomic E-state index is -0.517. The van der Waals surface area contributed by atoms with E-state index in [0.717, 1.165) is 10.6 Å². The van der Waals surface area contributed by atoms with Gasteiger partial charge in [-0.15, -0.1) is 11.8 Å². The first-order valence-corrected chi connectivity index (χ1v) is 8.04. The van der Waals surface area contributed by atoms with Gasteiger partial charge in [-0.05, 0) is 24.3 Å². The lowest BCUT2D eigenvalue weighted by molar-refractivity contribution is -0.122. The number of ether oxygens (including phenoxy) is 1. The van der Waals surface area contributed by atoms with Crippen molar-refractivity contribution in [1.82, 2.24) is 5.32 Å². The molecule has 0 fully saturated rings. The normalized spacial score (nSPS) is 10.3. The molecule has 6 heteroatoms. The van der Waals surface area contributed by atoms with Crippen LogP contribution in [-0.2, 0) is 4.79 Å². The molecule has 0 aromatic heterocycles. The molecule has 116 valence electrons. The van der Waals surface area contributed by atoms with Crippen molar-refractivity contribution < 1.29 is 13.9 Å². The summed E-state index contributed by atoms with van der Waals surface area (Å²) in [6, 6.07) is 13.9. The molecular weight excluding hydrogens is 325 g/mol. The van der Waals surface area contributed by atoms with Gasteiger partial charge in [0.15, 0.2) is 6.61 Å². The first-order chi connectivity index (χ1) is 10.6. The molecule has 2 rings (SSSR count). The molecule has 2 aromatic carbocycles. The van der Waals surface area contributed by atoms with Gasteiger partial charge in [0.1, 0.15) is 11.6 Å². The lowest BCUT2D eigenvalue weighted by atomic mass is 10.3.